The van der Waals surface area contributed by atoms with Gasteiger partial charge in [-0.15, -0.1) is 0 Å². The SMILES string of the molecule is COc1ccc(/C=N/Nc2nc3ccccc3s2)cc1OC(=O)c1ccc([N+](=O)[O-])cc1. The third-order valence-corrected chi connectivity index (χ3v) is 5.31. The number of benzene rings is 3. The lowest BCUT2D eigenvalue weighted by atomic mass is 10.2. The summed E-state index contributed by atoms with van der Waals surface area (Å²) in [6.45, 7) is 0. The van der Waals surface area contributed by atoms with E-state index >= 15 is 0 Å². The van der Waals surface area contributed by atoms with Crippen LogP contribution in [0.5, 0.6) is 11.5 Å². The molecule has 160 valence electrons. The highest BCUT2D eigenvalue weighted by Crippen LogP contribution is 2.29. The lowest BCUT2D eigenvalue weighted by Gasteiger charge is -2.10. The first-order chi connectivity index (χ1) is 15.5. The van der Waals surface area contributed by atoms with E-state index in [0.717, 1.165) is 10.2 Å². The van der Waals surface area contributed by atoms with Crippen LogP contribution in [0.3, 0.4) is 0 Å². The molecule has 4 aromatic rings. The zero-order valence-corrected chi connectivity index (χ0v) is 17.5. The molecule has 4 rings (SSSR count). The van der Waals surface area contributed by atoms with Crippen LogP contribution in [0.4, 0.5) is 10.8 Å². The molecule has 32 heavy (non-hydrogen) atoms. The normalized spacial score (nSPS) is 10.9. The van der Waals surface area contributed by atoms with Crippen LogP contribution in [0.15, 0.2) is 71.8 Å². The van der Waals surface area contributed by atoms with E-state index in [1.54, 1.807) is 24.4 Å². The molecule has 1 aromatic heterocycles. The van der Waals surface area contributed by atoms with Crippen LogP contribution in [0.2, 0.25) is 0 Å². The predicted octanol–water partition coefficient (Wildman–Crippen LogP) is 4.88. The number of methoxy groups -OCH3 is 1. The number of carbonyl (C=O) groups is 1. The van der Waals surface area contributed by atoms with E-state index in [1.165, 1.54) is 42.7 Å². The average Bonchev–Trinajstić information content (AvgIpc) is 3.22. The zero-order chi connectivity index (χ0) is 22.5. The first-order valence-corrected chi connectivity index (χ1v) is 10.1. The number of fused-ring (bicyclic) bond motifs is 1. The molecule has 0 aliphatic rings. The van der Waals surface area contributed by atoms with E-state index in [0.29, 0.717) is 16.4 Å². The Morgan fingerprint density at radius 1 is 1.12 bits per heavy atom. The minimum absolute atomic E-state index is 0.113. The number of nitrogens with one attached hydrogen (secondary N) is 1. The maximum Gasteiger partial charge on any atom is 0.343 e. The molecule has 10 heteroatoms. The quantitative estimate of drug-likeness (QED) is 0.141. The number of nitro groups is 1. The Hall–Kier alpha value is -4.31. The molecule has 0 aliphatic heterocycles. The summed E-state index contributed by atoms with van der Waals surface area (Å²) < 4.78 is 11.8. The third-order valence-electron chi connectivity index (χ3n) is 4.37. The summed E-state index contributed by atoms with van der Waals surface area (Å²) in [5.41, 5.74) is 4.50. The summed E-state index contributed by atoms with van der Waals surface area (Å²) in [6, 6.07) is 17.9. The monoisotopic (exact) mass is 448 g/mol. The summed E-state index contributed by atoms with van der Waals surface area (Å²) >= 11 is 1.48. The van der Waals surface area contributed by atoms with E-state index in [1.807, 2.05) is 24.3 Å². The lowest BCUT2D eigenvalue weighted by molar-refractivity contribution is -0.384. The van der Waals surface area contributed by atoms with Crippen molar-refractivity contribution >= 4 is 44.6 Å². The van der Waals surface area contributed by atoms with Gasteiger partial charge < -0.3 is 9.47 Å². The number of nitrogens with zero attached hydrogens (tertiary/aromatic N) is 3. The van der Waals surface area contributed by atoms with Crippen molar-refractivity contribution < 1.29 is 19.2 Å². The second-order valence-electron chi connectivity index (χ2n) is 6.46. The molecule has 0 bridgehead atoms. The average molecular weight is 448 g/mol. The highest BCUT2D eigenvalue weighted by atomic mass is 32.1. The van der Waals surface area contributed by atoms with Gasteiger partial charge in [-0.2, -0.15) is 5.10 Å². The predicted molar refractivity (Wildman–Crippen MR) is 122 cm³/mol. The van der Waals surface area contributed by atoms with Gasteiger partial charge in [-0.25, -0.2) is 9.78 Å². The molecule has 0 spiro atoms. The van der Waals surface area contributed by atoms with Crippen LogP contribution >= 0.6 is 11.3 Å². The highest BCUT2D eigenvalue weighted by molar-refractivity contribution is 7.22. The van der Waals surface area contributed by atoms with Crippen molar-refractivity contribution in [1.82, 2.24) is 4.98 Å². The summed E-state index contributed by atoms with van der Waals surface area (Å²) in [6.07, 6.45) is 1.56. The van der Waals surface area contributed by atoms with Crippen LogP contribution < -0.4 is 14.9 Å². The number of non-ortho nitro benzene ring substituents is 1. The molecule has 1 N–H and O–H groups in total. The molecule has 0 atom stereocenters. The summed E-state index contributed by atoms with van der Waals surface area (Å²) in [4.78, 5) is 27.1. The topological polar surface area (TPSA) is 116 Å². The van der Waals surface area contributed by atoms with Crippen LogP contribution in [0.1, 0.15) is 15.9 Å². The molecule has 0 aliphatic carbocycles. The number of thiazole rings is 1. The molecule has 1 heterocycles. The molecule has 0 amide bonds. The fraction of sp³-hybridized carbons (Fsp3) is 0.0455. The van der Waals surface area contributed by atoms with E-state index in [-0.39, 0.29) is 17.0 Å². The van der Waals surface area contributed by atoms with Gasteiger partial charge in [0.1, 0.15) is 0 Å². The maximum absolute atomic E-state index is 12.5. The number of anilines is 1. The summed E-state index contributed by atoms with van der Waals surface area (Å²) in [5.74, 6) is -0.115. The zero-order valence-electron chi connectivity index (χ0n) is 16.7. The van der Waals surface area contributed by atoms with Gasteiger partial charge in [-0.3, -0.25) is 15.5 Å². The van der Waals surface area contributed by atoms with Gasteiger partial charge in [-0.05, 0) is 48.0 Å². The maximum atomic E-state index is 12.5. The van der Waals surface area contributed by atoms with Crippen molar-refractivity contribution in [1.29, 1.82) is 0 Å². The Bertz CT molecular complexity index is 1280. The molecular weight excluding hydrogens is 432 g/mol. The molecule has 9 nitrogen and oxygen atoms in total. The van der Waals surface area contributed by atoms with Gasteiger partial charge >= 0.3 is 5.97 Å². The molecule has 0 unspecified atom stereocenters. The van der Waals surface area contributed by atoms with Crippen molar-refractivity contribution in [2.75, 3.05) is 12.5 Å². The molecule has 3 aromatic carbocycles. The van der Waals surface area contributed by atoms with Gasteiger partial charge in [0.15, 0.2) is 11.5 Å². The first-order valence-electron chi connectivity index (χ1n) is 9.33. The van der Waals surface area contributed by atoms with Crippen LogP contribution in [-0.4, -0.2) is 29.2 Å². The minimum Gasteiger partial charge on any atom is -0.493 e. The van der Waals surface area contributed by atoms with Gasteiger partial charge in [0.05, 0.1) is 34.0 Å². The van der Waals surface area contributed by atoms with Crippen molar-refractivity contribution in [3.05, 3.63) is 88.0 Å². The fourth-order valence-corrected chi connectivity index (χ4v) is 3.63. The molecule has 0 fully saturated rings. The smallest absolute Gasteiger partial charge is 0.343 e. The van der Waals surface area contributed by atoms with Crippen LogP contribution in [0, 0.1) is 10.1 Å². The van der Waals surface area contributed by atoms with E-state index in [4.69, 9.17) is 9.47 Å². The first kappa shape index (κ1) is 20.9. The number of para-hydroxylation sites is 1. The number of hydrogen-bond acceptors (Lipinski definition) is 9. The Labute approximate surface area is 186 Å². The van der Waals surface area contributed by atoms with Gasteiger partial charge in [0, 0.05) is 12.1 Å². The lowest BCUT2D eigenvalue weighted by Crippen LogP contribution is -2.09. The van der Waals surface area contributed by atoms with E-state index < -0.39 is 10.9 Å². The highest BCUT2D eigenvalue weighted by Gasteiger charge is 2.14. The number of carbonyl (C=O) groups excluding carboxylic acids is 1. The standard InChI is InChI=1S/C22H16N4O5S/c1-30-18-11-6-14(13-23-25-22-24-17-4-2-3-5-20(17)32-22)12-19(18)31-21(27)15-7-9-16(10-8-15)26(28)29/h2-13H,1H3,(H,24,25)/b23-13+. The number of nitro benzene ring substituents is 1. The molecule has 0 saturated heterocycles. The van der Waals surface area contributed by atoms with Gasteiger partial charge in [0.25, 0.3) is 5.69 Å². The van der Waals surface area contributed by atoms with Gasteiger partial charge in [-0.1, -0.05) is 23.5 Å². The number of esters is 1. The third kappa shape index (κ3) is 4.71. The fourth-order valence-electron chi connectivity index (χ4n) is 2.81. The van der Waals surface area contributed by atoms with Crippen LogP contribution in [0.25, 0.3) is 10.2 Å². The van der Waals surface area contributed by atoms with Gasteiger partial charge in [0.2, 0.25) is 5.13 Å². The van der Waals surface area contributed by atoms with Crippen molar-refractivity contribution in [2.45, 2.75) is 0 Å². The van der Waals surface area contributed by atoms with E-state index in [9.17, 15) is 14.9 Å². The Balaban J connectivity index is 1.48. The second-order valence-corrected chi connectivity index (χ2v) is 7.49. The van der Waals surface area contributed by atoms with Crippen molar-refractivity contribution in [3.8, 4) is 11.5 Å². The Morgan fingerprint density at radius 2 is 1.91 bits per heavy atom. The summed E-state index contributed by atoms with van der Waals surface area (Å²) in [5, 5.41) is 15.6. The molecular formula is C22H16N4O5S. The second kappa shape index (κ2) is 9.23. The van der Waals surface area contributed by atoms with Crippen molar-refractivity contribution in [2.24, 2.45) is 5.10 Å². The van der Waals surface area contributed by atoms with Crippen molar-refractivity contribution in [3.63, 3.8) is 0 Å². The Morgan fingerprint density at radius 3 is 2.62 bits per heavy atom. The minimum atomic E-state index is -0.667. The number of rotatable bonds is 7. The summed E-state index contributed by atoms with van der Waals surface area (Å²) in [7, 11) is 1.46. The molecule has 0 saturated carbocycles. The Kier molecular flexibility index (Phi) is 6.04. The number of ether oxygens (including phenoxy) is 2. The largest absolute Gasteiger partial charge is 0.493 e. The number of hydrogen-bond donors (Lipinski definition) is 1. The van der Waals surface area contributed by atoms with Crippen LogP contribution in [-0.2, 0) is 0 Å². The molecule has 0 radical (unpaired) electrons. The van der Waals surface area contributed by atoms with E-state index in [2.05, 4.69) is 15.5 Å². The number of hydrazone groups is 1. The number of aromatic nitrogens is 1.